The van der Waals surface area contributed by atoms with Crippen molar-refractivity contribution in [1.82, 2.24) is 19.2 Å². The highest BCUT2D eigenvalue weighted by molar-refractivity contribution is 7.87. The van der Waals surface area contributed by atoms with Gasteiger partial charge in [-0.05, 0) is 31.7 Å². The highest BCUT2D eigenvalue weighted by Gasteiger charge is 2.37. The lowest BCUT2D eigenvalue weighted by Gasteiger charge is -2.27. The zero-order chi connectivity index (χ0) is 18.9. The molecule has 0 bridgehead atoms. The SMILES string of the molecule is COc1ccccc1C(NS(=O)(=O)N(C)C(C)C1CC1)c1noc(C)n1. The summed E-state index contributed by atoms with van der Waals surface area (Å²) >= 11 is 0. The van der Waals surface area contributed by atoms with E-state index in [0.29, 0.717) is 23.1 Å². The van der Waals surface area contributed by atoms with Crippen molar-refractivity contribution in [2.24, 2.45) is 5.92 Å². The third-order valence-corrected chi connectivity index (χ3v) is 6.40. The second-order valence-corrected chi connectivity index (χ2v) is 8.33. The Bertz CT molecular complexity index is 863. The first kappa shape index (κ1) is 18.8. The molecule has 0 radical (unpaired) electrons. The Morgan fingerprint density at radius 2 is 2.04 bits per heavy atom. The number of para-hydroxylation sites is 1. The predicted molar refractivity (Wildman–Crippen MR) is 95.9 cm³/mol. The summed E-state index contributed by atoms with van der Waals surface area (Å²) in [4.78, 5) is 4.22. The van der Waals surface area contributed by atoms with Crippen LogP contribution in [0.15, 0.2) is 28.8 Å². The molecule has 2 atom stereocenters. The van der Waals surface area contributed by atoms with E-state index >= 15 is 0 Å². The number of nitrogens with zero attached hydrogens (tertiary/aromatic N) is 3. The molecular weight excluding hydrogens is 356 g/mol. The molecule has 8 nitrogen and oxygen atoms in total. The molecule has 1 fully saturated rings. The van der Waals surface area contributed by atoms with Crippen LogP contribution in [0.5, 0.6) is 5.75 Å². The fourth-order valence-corrected chi connectivity index (χ4v) is 4.23. The van der Waals surface area contributed by atoms with Crippen LogP contribution in [0.1, 0.15) is 43.1 Å². The average Bonchev–Trinajstić information content (AvgIpc) is 3.39. The van der Waals surface area contributed by atoms with Gasteiger partial charge < -0.3 is 9.26 Å². The van der Waals surface area contributed by atoms with Gasteiger partial charge in [-0.3, -0.25) is 0 Å². The Morgan fingerprint density at radius 1 is 1.35 bits per heavy atom. The van der Waals surface area contributed by atoms with Crippen molar-refractivity contribution in [3.8, 4) is 5.75 Å². The van der Waals surface area contributed by atoms with Gasteiger partial charge in [0, 0.05) is 25.6 Å². The van der Waals surface area contributed by atoms with Crippen molar-refractivity contribution in [3.63, 3.8) is 0 Å². The first-order valence-electron chi connectivity index (χ1n) is 8.52. The third kappa shape index (κ3) is 3.89. The topological polar surface area (TPSA) is 97.6 Å². The summed E-state index contributed by atoms with van der Waals surface area (Å²) < 4.78 is 40.4. The largest absolute Gasteiger partial charge is 0.496 e. The van der Waals surface area contributed by atoms with Crippen LogP contribution in [0.2, 0.25) is 0 Å². The molecule has 1 heterocycles. The zero-order valence-corrected chi connectivity index (χ0v) is 16.2. The quantitative estimate of drug-likeness (QED) is 0.753. The maximum absolute atomic E-state index is 13.0. The monoisotopic (exact) mass is 380 g/mol. The highest BCUT2D eigenvalue weighted by atomic mass is 32.2. The van der Waals surface area contributed by atoms with E-state index in [0.717, 1.165) is 12.8 Å². The van der Waals surface area contributed by atoms with Crippen LogP contribution >= 0.6 is 0 Å². The Hall–Kier alpha value is -1.97. The number of methoxy groups -OCH3 is 1. The van der Waals surface area contributed by atoms with Crippen LogP contribution in [0.4, 0.5) is 0 Å². The minimum atomic E-state index is -3.77. The fraction of sp³-hybridized carbons (Fsp3) is 0.529. The number of aryl methyl sites for hydroxylation is 1. The number of benzene rings is 1. The Kier molecular flexibility index (Phi) is 5.31. The van der Waals surface area contributed by atoms with Crippen molar-refractivity contribution in [2.45, 2.75) is 38.8 Å². The molecule has 2 unspecified atom stereocenters. The first-order valence-corrected chi connectivity index (χ1v) is 9.96. The van der Waals surface area contributed by atoms with Crippen molar-refractivity contribution in [2.75, 3.05) is 14.2 Å². The van der Waals surface area contributed by atoms with Crippen molar-refractivity contribution in [1.29, 1.82) is 0 Å². The summed E-state index contributed by atoms with van der Waals surface area (Å²) in [5.74, 6) is 1.55. The molecule has 1 aliphatic rings. The van der Waals surface area contributed by atoms with E-state index in [1.807, 2.05) is 19.1 Å². The first-order chi connectivity index (χ1) is 12.3. The molecule has 1 aliphatic carbocycles. The molecule has 1 aromatic heterocycles. The summed E-state index contributed by atoms with van der Waals surface area (Å²) in [6, 6.07) is 6.28. The molecule has 2 aromatic rings. The second kappa shape index (κ2) is 7.34. The second-order valence-electron chi connectivity index (χ2n) is 6.56. The van der Waals surface area contributed by atoms with Gasteiger partial charge in [-0.25, -0.2) is 0 Å². The third-order valence-electron chi connectivity index (χ3n) is 4.78. The number of aromatic nitrogens is 2. The maximum atomic E-state index is 13.0. The molecule has 142 valence electrons. The standard InChI is InChI=1S/C17H24N4O4S/c1-11(13-9-10-13)21(3)26(22,23)20-16(17-18-12(2)25-19-17)14-7-5-6-8-15(14)24-4/h5-8,11,13,16,20H,9-10H2,1-4H3. The van der Waals surface area contributed by atoms with Crippen molar-refractivity contribution in [3.05, 3.63) is 41.5 Å². The van der Waals surface area contributed by atoms with Crippen molar-refractivity contribution >= 4 is 10.2 Å². The summed E-state index contributed by atoms with van der Waals surface area (Å²) in [5.41, 5.74) is 0.617. The van der Waals surface area contributed by atoms with Crippen LogP contribution < -0.4 is 9.46 Å². The Balaban J connectivity index is 1.96. The van der Waals surface area contributed by atoms with Crippen LogP contribution in [0, 0.1) is 12.8 Å². The molecule has 9 heteroatoms. The van der Waals surface area contributed by atoms with Crippen molar-refractivity contribution < 1.29 is 17.7 Å². The Morgan fingerprint density at radius 3 is 2.62 bits per heavy atom. The van der Waals surface area contributed by atoms with Gasteiger partial charge >= 0.3 is 0 Å². The lowest BCUT2D eigenvalue weighted by Crippen LogP contribution is -2.45. The molecule has 0 spiro atoms. The smallest absolute Gasteiger partial charge is 0.280 e. The minimum Gasteiger partial charge on any atom is -0.496 e. The lowest BCUT2D eigenvalue weighted by atomic mass is 10.1. The minimum absolute atomic E-state index is 0.0715. The van der Waals surface area contributed by atoms with E-state index in [-0.39, 0.29) is 11.9 Å². The van der Waals surface area contributed by atoms with Gasteiger partial charge in [-0.2, -0.15) is 22.4 Å². The fourth-order valence-electron chi connectivity index (χ4n) is 2.92. The lowest BCUT2D eigenvalue weighted by molar-refractivity contribution is 0.346. The number of hydrogen-bond donors (Lipinski definition) is 1. The van der Waals surface area contributed by atoms with E-state index in [1.54, 1.807) is 26.1 Å². The maximum Gasteiger partial charge on any atom is 0.280 e. The number of rotatable bonds is 8. The molecular formula is C17H24N4O4S. The summed E-state index contributed by atoms with van der Waals surface area (Å²) in [6.07, 6.45) is 2.11. The van der Waals surface area contributed by atoms with Crippen LogP contribution in [-0.4, -0.2) is 43.1 Å². The molecule has 0 amide bonds. The number of hydrogen-bond acceptors (Lipinski definition) is 6. The molecule has 26 heavy (non-hydrogen) atoms. The molecule has 1 aromatic carbocycles. The van der Waals surface area contributed by atoms with Crippen LogP contribution in [0.3, 0.4) is 0 Å². The van der Waals surface area contributed by atoms with Gasteiger partial charge in [0.2, 0.25) is 5.89 Å². The van der Waals surface area contributed by atoms with Gasteiger partial charge in [-0.15, -0.1) is 0 Å². The van der Waals surface area contributed by atoms with Crippen LogP contribution in [0.25, 0.3) is 0 Å². The van der Waals surface area contributed by atoms with E-state index in [1.165, 1.54) is 11.4 Å². The average molecular weight is 380 g/mol. The normalized spacial score (nSPS) is 17.3. The van der Waals surface area contributed by atoms with Gasteiger partial charge in [0.05, 0.1) is 7.11 Å². The molecule has 3 rings (SSSR count). The molecule has 0 aliphatic heterocycles. The number of nitrogens with one attached hydrogen (secondary N) is 1. The van der Waals surface area contributed by atoms with E-state index in [2.05, 4.69) is 14.9 Å². The van der Waals surface area contributed by atoms with E-state index in [4.69, 9.17) is 9.26 Å². The summed E-state index contributed by atoms with van der Waals surface area (Å²) in [5, 5.41) is 3.92. The summed E-state index contributed by atoms with van der Waals surface area (Å²) in [7, 11) is -0.645. The van der Waals surface area contributed by atoms with Gasteiger partial charge in [-0.1, -0.05) is 23.4 Å². The zero-order valence-electron chi connectivity index (χ0n) is 15.3. The molecule has 1 N–H and O–H groups in total. The molecule has 0 saturated heterocycles. The van der Waals surface area contributed by atoms with Gasteiger partial charge in [0.1, 0.15) is 11.8 Å². The van der Waals surface area contributed by atoms with E-state index in [9.17, 15) is 8.42 Å². The van der Waals surface area contributed by atoms with E-state index < -0.39 is 16.3 Å². The Labute approximate surface area is 153 Å². The van der Waals surface area contributed by atoms with Gasteiger partial charge in [0.25, 0.3) is 10.2 Å². The summed E-state index contributed by atoms with van der Waals surface area (Å²) in [6.45, 7) is 3.58. The van der Waals surface area contributed by atoms with Gasteiger partial charge in [0.15, 0.2) is 5.82 Å². The predicted octanol–water partition coefficient (Wildman–Crippen LogP) is 2.04. The highest BCUT2D eigenvalue weighted by Crippen LogP contribution is 2.36. The molecule has 1 saturated carbocycles. The number of ether oxygens (including phenoxy) is 1. The van der Waals surface area contributed by atoms with Crippen LogP contribution in [-0.2, 0) is 10.2 Å².